The van der Waals surface area contributed by atoms with Crippen LogP contribution in [0.25, 0.3) is 0 Å². The van der Waals surface area contributed by atoms with Gasteiger partial charge >= 0.3 is 0 Å². The second kappa shape index (κ2) is 7.59. The highest BCUT2D eigenvalue weighted by Crippen LogP contribution is 2.22. The Hall–Kier alpha value is -2.18. The fourth-order valence-electron chi connectivity index (χ4n) is 2.93. The molecule has 1 aromatic heterocycles. The van der Waals surface area contributed by atoms with Crippen molar-refractivity contribution in [3.63, 3.8) is 0 Å². The maximum Gasteiger partial charge on any atom is 0.242 e. The third kappa shape index (κ3) is 3.83. The number of amides is 1. The van der Waals surface area contributed by atoms with Gasteiger partial charge in [0.15, 0.2) is 0 Å². The number of carbonyl (C=O) groups excluding carboxylic acids is 1. The number of hydrogen-bond acceptors (Lipinski definition) is 4. The molecule has 128 valence electrons. The van der Waals surface area contributed by atoms with E-state index in [0.29, 0.717) is 6.61 Å². The number of nitrogens with one attached hydrogen (secondary N) is 1. The van der Waals surface area contributed by atoms with Gasteiger partial charge in [0.25, 0.3) is 0 Å². The molecule has 1 aromatic carbocycles. The monoisotopic (exact) mass is 328 g/mol. The molecule has 6 heteroatoms. The van der Waals surface area contributed by atoms with E-state index in [1.807, 2.05) is 31.3 Å². The minimum atomic E-state index is -0.0671. The zero-order chi connectivity index (χ0) is 16.9. The first-order chi connectivity index (χ1) is 11.7. The van der Waals surface area contributed by atoms with Gasteiger partial charge in [-0.3, -0.25) is 14.4 Å². The van der Waals surface area contributed by atoms with Gasteiger partial charge in [0.05, 0.1) is 18.3 Å². The number of methoxy groups -OCH3 is 1. The molecule has 2 heterocycles. The van der Waals surface area contributed by atoms with Crippen molar-refractivity contribution < 1.29 is 9.53 Å². The number of hydrogen-bond donors (Lipinski definition) is 1. The van der Waals surface area contributed by atoms with Crippen molar-refractivity contribution in [2.24, 2.45) is 7.05 Å². The van der Waals surface area contributed by atoms with Gasteiger partial charge in [0.2, 0.25) is 5.91 Å². The van der Waals surface area contributed by atoms with Gasteiger partial charge in [-0.2, -0.15) is 5.10 Å². The van der Waals surface area contributed by atoms with Gasteiger partial charge in [-0.1, -0.05) is 30.3 Å². The van der Waals surface area contributed by atoms with Crippen LogP contribution in [0, 0.1) is 0 Å². The molecule has 0 radical (unpaired) electrons. The van der Waals surface area contributed by atoms with Gasteiger partial charge in [-0.25, -0.2) is 0 Å². The molecule has 1 N–H and O–H groups in total. The summed E-state index contributed by atoms with van der Waals surface area (Å²) >= 11 is 0. The lowest BCUT2D eigenvalue weighted by molar-refractivity contribution is -0.125. The van der Waals surface area contributed by atoms with Crippen LogP contribution in [0.1, 0.15) is 17.7 Å². The van der Waals surface area contributed by atoms with Crippen molar-refractivity contribution in [2.75, 3.05) is 25.6 Å². The van der Waals surface area contributed by atoms with E-state index in [1.165, 1.54) is 5.56 Å². The van der Waals surface area contributed by atoms with Gasteiger partial charge < -0.3 is 10.1 Å². The molecule has 0 bridgehead atoms. The Bertz CT molecular complexity index is 684. The summed E-state index contributed by atoms with van der Waals surface area (Å²) in [5, 5.41) is 7.40. The number of rotatable bonds is 7. The van der Waals surface area contributed by atoms with Crippen LogP contribution in [-0.4, -0.2) is 46.9 Å². The minimum absolute atomic E-state index is 0.0403. The summed E-state index contributed by atoms with van der Waals surface area (Å²) in [6.07, 6.45) is 1.64. The van der Waals surface area contributed by atoms with Crippen molar-refractivity contribution >= 4 is 11.7 Å². The Morgan fingerprint density at radius 2 is 2.17 bits per heavy atom. The number of aryl methyl sites for hydroxylation is 1. The van der Waals surface area contributed by atoms with Crippen LogP contribution in [0.5, 0.6) is 0 Å². The Labute approximate surface area is 142 Å². The lowest BCUT2D eigenvalue weighted by Gasteiger charge is -2.39. The van der Waals surface area contributed by atoms with E-state index in [2.05, 4.69) is 27.4 Å². The predicted molar refractivity (Wildman–Crippen MR) is 92.7 cm³/mol. The summed E-state index contributed by atoms with van der Waals surface area (Å²) < 4.78 is 6.78. The van der Waals surface area contributed by atoms with E-state index in [4.69, 9.17) is 4.74 Å². The van der Waals surface area contributed by atoms with E-state index in [0.717, 1.165) is 37.4 Å². The molecule has 1 aliphatic heterocycles. The summed E-state index contributed by atoms with van der Waals surface area (Å²) in [7, 11) is 3.51. The maximum atomic E-state index is 12.6. The predicted octanol–water partition coefficient (Wildman–Crippen LogP) is 1.82. The number of nitrogens with zero attached hydrogens (tertiary/aromatic N) is 3. The third-order valence-corrected chi connectivity index (χ3v) is 4.41. The number of anilines is 1. The highest BCUT2D eigenvalue weighted by molar-refractivity contribution is 5.94. The molecule has 0 saturated carbocycles. The molecule has 1 aliphatic rings. The smallest absolute Gasteiger partial charge is 0.242 e. The summed E-state index contributed by atoms with van der Waals surface area (Å²) in [6, 6.07) is 12.1. The van der Waals surface area contributed by atoms with Crippen molar-refractivity contribution in [3.8, 4) is 0 Å². The van der Waals surface area contributed by atoms with E-state index in [1.54, 1.807) is 11.8 Å². The first kappa shape index (κ1) is 16.7. The van der Waals surface area contributed by atoms with Crippen LogP contribution in [-0.2, 0) is 29.5 Å². The van der Waals surface area contributed by atoms with Gasteiger partial charge in [0.1, 0.15) is 5.82 Å². The molecule has 1 fully saturated rings. The van der Waals surface area contributed by atoms with Crippen molar-refractivity contribution in [2.45, 2.75) is 25.4 Å². The van der Waals surface area contributed by atoms with Gasteiger partial charge in [-0.05, 0) is 12.0 Å². The van der Waals surface area contributed by atoms with E-state index in [9.17, 15) is 4.79 Å². The Balaban J connectivity index is 1.58. The molecule has 6 nitrogen and oxygen atoms in total. The Kier molecular flexibility index (Phi) is 5.27. The summed E-state index contributed by atoms with van der Waals surface area (Å²) in [6.45, 7) is 2.39. The molecule has 0 aliphatic carbocycles. The van der Waals surface area contributed by atoms with Crippen molar-refractivity contribution in [1.29, 1.82) is 0 Å². The van der Waals surface area contributed by atoms with Crippen LogP contribution in [0.2, 0.25) is 0 Å². The second-order valence-electron chi connectivity index (χ2n) is 6.14. The van der Waals surface area contributed by atoms with Gasteiger partial charge in [0, 0.05) is 39.7 Å². The molecule has 1 unspecified atom stereocenters. The summed E-state index contributed by atoms with van der Waals surface area (Å²) in [5.41, 5.74) is 2.15. The SMILES string of the molecule is COCCc1cc(NC(=O)C2CCN2Cc2ccccc2)n(C)n1. The number of carbonyl (C=O) groups is 1. The quantitative estimate of drug-likeness (QED) is 0.842. The zero-order valence-electron chi connectivity index (χ0n) is 14.2. The van der Waals surface area contributed by atoms with Gasteiger partial charge in [-0.15, -0.1) is 0 Å². The van der Waals surface area contributed by atoms with Crippen LogP contribution in [0.4, 0.5) is 5.82 Å². The Morgan fingerprint density at radius 1 is 1.38 bits per heavy atom. The molecular weight excluding hydrogens is 304 g/mol. The summed E-state index contributed by atoms with van der Waals surface area (Å²) in [4.78, 5) is 14.8. The van der Waals surface area contributed by atoms with Crippen molar-refractivity contribution in [3.05, 3.63) is 47.7 Å². The standard InChI is InChI=1S/C18H24N4O2/c1-21-17(12-15(20-21)9-11-24-2)19-18(23)16-8-10-22(16)13-14-6-4-3-5-7-14/h3-7,12,16H,8-11,13H2,1-2H3,(H,19,23). The van der Waals surface area contributed by atoms with Crippen LogP contribution >= 0.6 is 0 Å². The van der Waals surface area contributed by atoms with Crippen LogP contribution in [0.15, 0.2) is 36.4 Å². The molecular formula is C18H24N4O2. The molecule has 0 spiro atoms. The summed E-state index contributed by atoms with van der Waals surface area (Å²) in [5.74, 6) is 0.774. The third-order valence-electron chi connectivity index (χ3n) is 4.41. The average molecular weight is 328 g/mol. The van der Waals surface area contributed by atoms with Crippen molar-refractivity contribution in [1.82, 2.24) is 14.7 Å². The zero-order valence-corrected chi connectivity index (χ0v) is 14.2. The largest absolute Gasteiger partial charge is 0.384 e. The fraction of sp³-hybridized carbons (Fsp3) is 0.444. The number of likely N-dealkylation sites (tertiary alicyclic amines) is 1. The lowest BCUT2D eigenvalue weighted by Crippen LogP contribution is -2.53. The van der Waals surface area contributed by atoms with E-state index < -0.39 is 0 Å². The number of benzene rings is 1. The fourth-order valence-corrected chi connectivity index (χ4v) is 2.93. The first-order valence-corrected chi connectivity index (χ1v) is 8.28. The number of ether oxygens (including phenoxy) is 1. The molecule has 24 heavy (non-hydrogen) atoms. The number of aromatic nitrogens is 2. The minimum Gasteiger partial charge on any atom is -0.384 e. The van der Waals surface area contributed by atoms with E-state index >= 15 is 0 Å². The van der Waals surface area contributed by atoms with Crippen LogP contribution < -0.4 is 5.32 Å². The van der Waals surface area contributed by atoms with Crippen LogP contribution in [0.3, 0.4) is 0 Å². The molecule has 2 aromatic rings. The second-order valence-corrected chi connectivity index (χ2v) is 6.14. The maximum absolute atomic E-state index is 12.6. The highest BCUT2D eigenvalue weighted by Gasteiger charge is 2.34. The normalized spacial score (nSPS) is 17.5. The topological polar surface area (TPSA) is 59.4 Å². The van der Waals surface area contributed by atoms with E-state index in [-0.39, 0.29) is 11.9 Å². The molecule has 3 rings (SSSR count). The molecule has 1 saturated heterocycles. The molecule has 1 atom stereocenters. The lowest BCUT2D eigenvalue weighted by atomic mass is 10.0. The highest BCUT2D eigenvalue weighted by atomic mass is 16.5. The Morgan fingerprint density at radius 3 is 2.83 bits per heavy atom. The average Bonchev–Trinajstić information content (AvgIpc) is 2.90. The first-order valence-electron chi connectivity index (χ1n) is 8.28. The molecule has 1 amide bonds.